The van der Waals surface area contributed by atoms with Crippen LogP contribution in [0.15, 0.2) is 138 Å². The summed E-state index contributed by atoms with van der Waals surface area (Å²) < 4.78 is 6.37. The van der Waals surface area contributed by atoms with Crippen LogP contribution in [0.25, 0.3) is 66.5 Å². The maximum absolute atomic E-state index is 6.37. The molecule has 0 saturated heterocycles. The normalized spacial score (nSPS) is 13.9. The fourth-order valence-electron chi connectivity index (χ4n) is 7.50. The maximum Gasteiger partial charge on any atom is 0.246 e. The number of benzene rings is 6. The van der Waals surface area contributed by atoms with Crippen molar-refractivity contribution in [1.29, 1.82) is 0 Å². The van der Waals surface area contributed by atoms with Crippen LogP contribution in [0.3, 0.4) is 0 Å². The number of aromatic nitrogens is 2. The van der Waals surface area contributed by atoms with Gasteiger partial charge in [-0.15, -0.1) is 0 Å². The molecule has 0 N–H and O–H groups in total. The quantitative estimate of drug-likeness (QED) is 0.210. The molecule has 3 nitrogen and oxygen atoms in total. The second-order valence-electron chi connectivity index (χ2n) is 11.3. The molecule has 0 amide bonds. The topological polar surface area (TPSA) is 38.9 Å². The lowest BCUT2D eigenvalue weighted by molar-refractivity contribution is 0.651. The summed E-state index contributed by atoms with van der Waals surface area (Å²) >= 11 is 0. The molecule has 0 unspecified atom stereocenters. The van der Waals surface area contributed by atoms with Gasteiger partial charge in [0, 0.05) is 10.9 Å². The van der Waals surface area contributed by atoms with Crippen LogP contribution in [0.4, 0.5) is 0 Å². The van der Waals surface area contributed by atoms with Gasteiger partial charge in [-0.2, -0.15) is 0 Å². The molecule has 8 aromatic rings. The zero-order valence-electron chi connectivity index (χ0n) is 22.5. The fraction of sp³-hybridized carbons (Fsp3) is 0.0256. The molecule has 6 aromatic carbocycles. The highest BCUT2D eigenvalue weighted by Gasteiger charge is 2.53. The molecule has 0 bridgehead atoms. The average Bonchev–Trinajstić information content (AvgIpc) is 3.66. The van der Waals surface area contributed by atoms with E-state index < -0.39 is 5.41 Å². The van der Waals surface area contributed by atoms with Crippen molar-refractivity contribution in [1.82, 2.24) is 9.97 Å². The molecule has 2 aliphatic rings. The van der Waals surface area contributed by atoms with Crippen molar-refractivity contribution in [2.24, 2.45) is 0 Å². The molecule has 1 spiro atoms. The standard InChI is InChI=1S/C39H22N2O/c1-2-10-24-21-25(18-17-23(24)9-1)26-19-20-34-30(22-26)36-38(42-34)41-35-29-13-5-8-16-33(29)39(37(35)40-36)31-14-6-3-11-27(31)28-12-4-7-15-32(28)39/h1-22H. The molecule has 0 radical (unpaired) electrons. The van der Waals surface area contributed by atoms with E-state index in [1.807, 2.05) is 0 Å². The minimum absolute atomic E-state index is 0.528. The molecule has 0 aliphatic heterocycles. The third-order valence-electron chi connectivity index (χ3n) is 9.28. The third-order valence-corrected chi connectivity index (χ3v) is 9.28. The zero-order chi connectivity index (χ0) is 27.4. The molecule has 194 valence electrons. The maximum atomic E-state index is 6.37. The van der Waals surface area contributed by atoms with Crippen LogP contribution in [0.5, 0.6) is 0 Å². The second-order valence-corrected chi connectivity index (χ2v) is 11.3. The Morgan fingerprint density at radius 1 is 0.500 bits per heavy atom. The summed E-state index contributed by atoms with van der Waals surface area (Å²) in [5.74, 6) is 0. The lowest BCUT2D eigenvalue weighted by atomic mass is 9.72. The highest BCUT2D eigenvalue weighted by atomic mass is 16.3. The monoisotopic (exact) mass is 534 g/mol. The first kappa shape index (κ1) is 22.2. The number of fused-ring (bicyclic) bond motifs is 14. The number of hydrogen-bond donors (Lipinski definition) is 0. The first-order valence-electron chi connectivity index (χ1n) is 14.3. The summed E-state index contributed by atoms with van der Waals surface area (Å²) in [5.41, 5.74) is 13.2. The Labute approximate surface area is 241 Å². The molecule has 0 fully saturated rings. The molecule has 0 saturated carbocycles. The highest BCUT2D eigenvalue weighted by Crippen LogP contribution is 2.62. The van der Waals surface area contributed by atoms with Crippen LogP contribution in [-0.4, -0.2) is 9.97 Å². The van der Waals surface area contributed by atoms with E-state index >= 15 is 0 Å². The van der Waals surface area contributed by atoms with Crippen molar-refractivity contribution in [3.8, 4) is 33.5 Å². The molecule has 10 rings (SSSR count). The Balaban J connectivity index is 1.28. The average molecular weight is 535 g/mol. The molecule has 42 heavy (non-hydrogen) atoms. The van der Waals surface area contributed by atoms with Crippen molar-refractivity contribution < 1.29 is 4.42 Å². The van der Waals surface area contributed by atoms with Gasteiger partial charge in [-0.1, -0.05) is 115 Å². The Hall–Kier alpha value is -5.54. The van der Waals surface area contributed by atoms with E-state index in [1.54, 1.807) is 0 Å². The number of furan rings is 1. The Kier molecular flexibility index (Phi) is 4.12. The predicted molar refractivity (Wildman–Crippen MR) is 169 cm³/mol. The van der Waals surface area contributed by atoms with Gasteiger partial charge in [-0.25, -0.2) is 9.97 Å². The lowest BCUT2D eigenvalue weighted by Gasteiger charge is -2.28. The molecule has 2 heterocycles. The number of nitrogens with zero attached hydrogens (tertiary/aromatic N) is 2. The Bertz CT molecular complexity index is 2390. The SMILES string of the molecule is c1ccc2c(c1)-c1ccccc1C21c2ccccc2-c2nc3oc4ccc(-c5ccc6ccccc6c5)cc4c3nc21. The van der Waals surface area contributed by atoms with Crippen molar-refractivity contribution >= 4 is 33.0 Å². The molecule has 0 atom stereocenters. The van der Waals surface area contributed by atoms with Crippen LogP contribution in [-0.2, 0) is 5.41 Å². The van der Waals surface area contributed by atoms with Gasteiger partial charge >= 0.3 is 0 Å². The van der Waals surface area contributed by atoms with Gasteiger partial charge in [-0.3, -0.25) is 0 Å². The largest absolute Gasteiger partial charge is 0.436 e. The van der Waals surface area contributed by atoms with Crippen molar-refractivity contribution in [3.63, 3.8) is 0 Å². The first-order chi connectivity index (χ1) is 20.8. The van der Waals surface area contributed by atoms with Crippen LogP contribution >= 0.6 is 0 Å². The van der Waals surface area contributed by atoms with E-state index in [9.17, 15) is 0 Å². The minimum Gasteiger partial charge on any atom is -0.436 e. The minimum atomic E-state index is -0.528. The summed E-state index contributed by atoms with van der Waals surface area (Å²) in [6.45, 7) is 0. The molecule has 2 aromatic heterocycles. The predicted octanol–water partition coefficient (Wildman–Crippen LogP) is 9.54. The summed E-state index contributed by atoms with van der Waals surface area (Å²) in [5, 5.41) is 3.44. The van der Waals surface area contributed by atoms with Crippen LogP contribution in [0.1, 0.15) is 22.4 Å². The van der Waals surface area contributed by atoms with E-state index in [0.29, 0.717) is 5.71 Å². The van der Waals surface area contributed by atoms with Crippen LogP contribution < -0.4 is 0 Å². The summed E-state index contributed by atoms with van der Waals surface area (Å²) in [6, 6.07) is 47.7. The fourth-order valence-corrected chi connectivity index (χ4v) is 7.50. The number of hydrogen-bond acceptors (Lipinski definition) is 3. The number of rotatable bonds is 1. The van der Waals surface area contributed by atoms with E-state index in [1.165, 1.54) is 44.2 Å². The van der Waals surface area contributed by atoms with Crippen molar-refractivity contribution in [2.45, 2.75) is 5.41 Å². The van der Waals surface area contributed by atoms with Crippen LogP contribution in [0.2, 0.25) is 0 Å². The molecular weight excluding hydrogens is 512 g/mol. The second kappa shape index (κ2) is 7.80. The Morgan fingerprint density at radius 3 is 1.86 bits per heavy atom. The van der Waals surface area contributed by atoms with Crippen LogP contribution in [0, 0.1) is 0 Å². The van der Waals surface area contributed by atoms with E-state index in [0.717, 1.165) is 39.0 Å². The molecule has 2 aliphatic carbocycles. The van der Waals surface area contributed by atoms with Gasteiger partial charge in [0.05, 0.1) is 16.8 Å². The van der Waals surface area contributed by atoms with Gasteiger partial charge in [0.1, 0.15) is 11.1 Å². The van der Waals surface area contributed by atoms with Gasteiger partial charge in [0.2, 0.25) is 5.71 Å². The smallest absolute Gasteiger partial charge is 0.246 e. The third kappa shape index (κ3) is 2.66. The first-order valence-corrected chi connectivity index (χ1v) is 14.3. The summed E-state index contributed by atoms with van der Waals surface area (Å²) in [4.78, 5) is 10.7. The highest BCUT2D eigenvalue weighted by molar-refractivity contribution is 6.05. The molecule has 3 heteroatoms. The van der Waals surface area contributed by atoms with Gasteiger partial charge < -0.3 is 4.42 Å². The van der Waals surface area contributed by atoms with Crippen molar-refractivity contribution in [3.05, 3.63) is 156 Å². The summed E-state index contributed by atoms with van der Waals surface area (Å²) in [7, 11) is 0. The van der Waals surface area contributed by atoms with Gasteiger partial charge in [-0.05, 0) is 67.9 Å². The lowest BCUT2D eigenvalue weighted by Crippen LogP contribution is -2.27. The van der Waals surface area contributed by atoms with E-state index in [2.05, 4.69) is 133 Å². The zero-order valence-corrected chi connectivity index (χ0v) is 22.5. The summed E-state index contributed by atoms with van der Waals surface area (Å²) in [6.07, 6.45) is 0. The van der Waals surface area contributed by atoms with E-state index in [4.69, 9.17) is 14.4 Å². The van der Waals surface area contributed by atoms with E-state index in [-0.39, 0.29) is 0 Å². The van der Waals surface area contributed by atoms with Crippen molar-refractivity contribution in [2.75, 3.05) is 0 Å². The Morgan fingerprint density at radius 2 is 1.10 bits per heavy atom. The van der Waals surface area contributed by atoms with Gasteiger partial charge in [0.15, 0.2) is 0 Å². The van der Waals surface area contributed by atoms with Gasteiger partial charge in [0.25, 0.3) is 0 Å². The molecular formula is C39H22N2O.